The van der Waals surface area contributed by atoms with Crippen molar-refractivity contribution in [1.82, 2.24) is 10.2 Å². The molecule has 0 radical (unpaired) electrons. The van der Waals surface area contributed by atoms with Crippen LogP contribution in [0.2, 0.25) is 0 Å². The first-order valence-electron chi connectivity index (χ1n) is 7.74. The van der Waals surface area contributed by atoms with E-state index in [0.717, 1.165) is 16.0 Å². The summed E-state index contributed by atoms with van der Waals surface area (Å²) in [6, 6.07) is 5.24. The summed E-state index contributed by atoms with van der Waals surface area (Å²) in [5.74, 6) is 1.85. The van der Waals surface area contributed by atoms with Gasteiger partial charge in [0, 0.05) is 12.6 Å². The molecule has 1 aromatic heterocycles. The summed E-state index contributed by atoms with van der Waals surface area (Å²) in [4.78, 5) is 12.2. The van der Waals surface area contributed by atoms with E-state index in [1.165, 1.54) is 23.1 Å². The molecule has 1 amide bonds. The first kappa shape index (κ1) is 19.3. The van der Waals surface area contributed by atoms with Gasteiger partial charge in [0.1, 0.15) is 11.5 Å². The van der Waals surface area contributed by atoms with Crippen molar-refractivity contribution in [2.45, 2.75) is 18.2 Å². The van der Waals surface area contributed by atoms with Gasteiger partial charge in [0.25, 0.3) is 0 Å². The van der Waals surface area contributed by atoms with Gasteiger partial charge in [-0.1, -0.05) is 36.9 Å². The lowest BCUT2D eigenvalue weighted by molar-refractivity contribution is -0.113. The van der Waals surface area contributed by atoms with Crippen LogP contribution in [0.4, 0.5) is 10.8 Å². The first-order valence-corrected chi connectivity index (χ1v) is 9.54. The molecule has 0 spiro atoms. The number of amides is 1. The van der Waals surface area contributed by atoms with Crippen molar-refractivity contribution in [1.29, 1.82) is 0 Å². The smallest absolute Gasteiger partial charge is 0.234 e. The van der Waals surface area contributed by atoms with Gasteiger partial charge in [-0.05, 0) is 18.1 Å². The highest BCUT2D eigenvalue weighted by Gasteiger charge is 2.11. The summed E-state index contributed by atoms with van der Waals surface area (Å²) in [5.41, 5.74) is 0.602. The molecule has 0 aliphatic rings. The predicted octanol–water partition coefficient (Wildman–Crippen LogP) is 3.35. The Kier molecular flexibility index (Phi) is 7.32. The number of carbonyl (C=O) groups is 1. The topological polar surface area (TPSA) is 85.4 Å². The van der Waals surface area contributed by atoms with Crippen molar-refractivity contribution in [3.8, 4) is 11.5 Å². The minimum atomic E-state index is -0.139. The molecule has 136 valence electrons. The average Bonchev–Trinajstić information content (AvgIpc) is 3.06. The quantitative estimate of drug-likeness (QED) is 0.643. The fourth-order valence-electron chi connectivity index (χ4n) is 1.85. The van der Waals surface area contributed by atoms with Gasteiger partial charge in [-0.2, -0.15) is 0 Å². The van der Waals surface area contributed by atoms with Gasteiger partial charge in [-0.3, -0.25) is 4.79 Å². The number of aromatic nitrogens is 2. The molecule has 0 saturated heterocycles. The third-order valence-corrected chi connectivity index (χ3v) is 5.09. The van der Waals surface area contributed by atoms with Crippen molar-refractivity contribution in [3.63, 3.8) is 0 Å². The minimum Gasteiger partial charge on any atom is -0.497 e. The van der Waals surface area contributed by atoms with Gasteiger partial charge in [-0.15, -0.1) is 10.2 Å². The number of nitrogens with one attached hydrogen (secondary N) is 2. The number of methoxy groups -OCH3 is 2. The van der Waals surface area contributed by atoms with E-state index < -0.39 is 0 Å². The maximum Gasteiger partial charge on any atom is 0.234 e. The Bertz CT molecular complexity index is 706. The summed E-state index contributed by atoms with van der Waals surface area (Å²) in [6.07, 6.45) is 0. The van der Waals surface area contributed by atoms with Crippen molar-refractivity contribution in [2.75, 3.05) is 37.2 Å². The van der Waals surface area contributed by atoms with E-state index in [2.05, 4.69) is 34.7 Å². The summed E-state index contributed by atoms with van der Waals surface area (Å²) < 4.78 is 11.2. The Hall–Kier alpha value is -2.00. The second-order valence-corrected chi connectivity index (χ2v) is 7.75. The molecule has 1 aromatic carbocycles. The number of hydrogen-bond donors (Lipinski definition) is 2. The predicted molar refractivity (Wildman–Crippen MR) is 102 cm³/mol. The number of anilines is 2. The highest BCUT2D eigenvalue weighted by atomic mass is 32.2. The summed E-state index contributed by atoms with van der Waals surface area (Å²) in [6.45, 7) is 5.10. The molecule has 2 N–H and O–H groups in total. The minimum absolute atomic E-state index is 0.139. The van der Waals surface area contributed by atoms with E-state index in [4.69, 9.17) is 9.47 Å². The van der Waals surface area contributed by atoms with E-state index in [9.17, 15) is 4.79 Å². The lowest BCUT2D eigenvalue weighted by Gasteiger charge is -2.11. The van der Waals surface area contributed by atoms with Gasteiger partial charge in [0.05, 0.1) is 25.7 Å². The molecule has 0 bridgehead atoms. The fraction of sp³-hybridized carbons (Fsp3) is 0.438. The van der Waals surface area contributed by atoms with Gasteiger partial charge < -0.3 is 20.1 Å². The summed E-state index contributed by atoms with van der Waals surface area (Å²) in [5, 5.41) is 15.0. The third-order valence-electron chi connectivity index (χ3n) is 3.08. The Balaban J connectivity index is 1.86. The van der Waals surface area contributed by atoms with Crippen molar-refractivity contribution >= 4 is 39.8 Å². The molecule has 1 heterocycles. The SMILES string of the molecule is COc1ccc(NC(=O)CSc2nnc(NCC(C)C)s2)c(OC)c1. The third kappa shape index (κ3) is 6.09. The monoisotopic (exact) mass is 382 g/mol. The lowest BCUT2D eigenvalue weighted by atomic mass is 10.2. The Morgan fingerprint density at radius 3 is 2.76 bits per heavy atom. The number of carbonyl (C=O) groups excluding carboxylic acids is 1. The Morgan fingerprint density at radius 1 is 1.28 bits per heavy atom. The molecule has 9 heteroatoms. The van der Waals surface area contributed by atoms with Crippen LogP contribution in [0.15, 0.2) is 22.5 Å². The zero-order chi connectivity index (χ0) is 18.2. The molecule has 2 aromatic rings. The number of ether oxygens (including phenoxy) is 2. The van der Waals surface area contributed by atoms with Gasteiger partial charge >= 0.3 is 0 Å². The molecular weight excluding hydrogens is 360 g/mol. The van der Waals surface area contributed by atoms with Gasteiger partial charge in [0.15, 0.2) is 4.34 Å². The second kappa shape index (κ2) is 9.47. The van der Waals surface area contributed by atoms with Crippen LogP contribution in [0.5, 0.6) is 11.5 Å². The van der Waals surface area contributed by atoms with Crippen molar-refractivity contribution in [3.05, 3.63) is 18.2 Å². The van der Waals surface area contributed by atoms with Crippen LogP contribution in [-0.2, 0) is 4.79 Å². The highest BCUT2D eigenvalue weighted by molar-refractivity contribution is 8.01. The highest BCUT2D eigenvalue weighted by Crippen LogP contribution is 2.30. The van der Waals surface area contributed by atoms with Crippen LogP contribution < -0.4 is 20.1 Å². The van der Waals surface area contributed by atoms with Crippen LogP contribution in [0, 0.1) is 5.92 Å². The number of rotatable bonds is 9. The molecule has 7 nitrogen and oxygen atoms in total. The van der Waals surface area contributed by atoms with E-state index >= 15 is 0 Å². The van der Waals surface area contributed by atoms with E-state index in [0.29, 0.717) is 23.1 Å². The molecule has 0 aliphatic heterocycles. The maximum absolute atomic E-state index is 12.2. The zero-order valence-corrected chi connectivity index (χ0v) is 16.3. The standard InChI is InChI=1S/C16H22N4O3S2/c1-10(2)8-17-15-19-20-16(25-15)24-9-14(21)18-12-6-5-11(22-3)7-13(12)23-4/h5-7,10H,8-9H2,1-4H3,(H,17,19)(H,18,21). The molecule has 0 aliphatic carbocycles. The molecular formula is C16H22N4O3S2. The maximum atomic E-state index is 12.2. The Labute approximate surface area is 155 Å². The zero-order valence-electron chi connectivity index (χ0n) is 14.7. The molecule has 25 heavy (non-hydrogen) atoms. The van der Waals surface area contributed by atoms with Crippen LogP contribution in [0.3, 0.4) is 0 Å². The van der Waals surface area contributed by atoms with Crippen LogP contribution in [0.25, 0.3) is 0 Å². The molecule has 0 saturated carbocycles. The number of hydrogen-bond acceptors (Lipinski definition) is 8. The van der Waals surface area contributed by atoms with Gasteiger partial charge in [0.2, 0.25) is 11.0 Å². The molecule has 0 atom stereocenters. The number of thioether (sulfide) groups is 1. The summed E-state index contributed by atoms with van der Waals surface area (Å²) in [7, 11) is 3.13. The van der Waals surface area contributed by atoms with E-state index in [1.54, 1.807) is 32.4 Å². The van der Waals surface area contributed by atoms with E-state index in [-0.39, 0.29) is 11.7 Å². The first-order chi connectivity index (χ1) is 12.0. The molecule has 0 unspecified atom stereocenters. The largest absolute Gasteiger partial charge is 0.497 e. The van der Waals surface area contributed by atoms with Crippen LogP contribution >= 0.6 is 23.1 Å². The van der Waals surface area contributed by atoms with Gasteiger partial charge in [-0.25, -0.2) is 0 Å². The number of nitrogens with zero attached hydrogens (tertiary/aromatic N) is 2. The average molecular weight is 383 g/mol. The Morgan fingerprint density at radius 2 is 2.08 bits per heavy atom. The molecule has 0 fully saturated rings. The number of benzene rings is 1. The molecule has 2 rings (SSSR count). The van der Waals surface area contributed by atoms with Crippen molar-refractivity contribution < 1.29 is 14.3 Å². The van der Waals surface area contributed by atoms with Crippen molar-refractivity contribution in [2.24, 2.45) is 5.92 Å². The van der Waals surface area contributed by atoms with Crippen LogP contribution in [0.1, 0.15) is 13.8 Å². The normalized spacial score (nSPS) is 10.6. The second-order valence-electron chi connectivity index (χ2n) is 5.55. The summed E-state index contributed by atoms with van der Waals surface area (Å²) >= 11 is 2.80. The lowest BCUT2D eigenvalue weighted by Crippen LogP contribution is -2.14. The fourth-order valence-corrected chi connectivity index (χ4v) is 3.41. The van der Waals surface area contributed by atoms with E-state index in [1.807, 2.05) is 0 Å². The van der Waals surface area contributed by atoms with Crippen LogP contribution in [-0.4, -0.2) is 42.6 Å².